The molecule has 1 aromatic heterocycles. The van der Waals surface area contributed by atoms with E-state index in [1.807, 2.05) is 45.2 Å². The van der Waals surface area contributed by atoms with Crippen LogP contribution < -0.4 is 15.0 Å². The number of ether oxygens (including phenoxy) is 1. The van der Waals surface area contributed by atoms with Crippen molar-refractivity contribution < 1.29 is 4.74 Å². The van der Waals surface area contributed by atoms with Crippen LogP contribution in [0, 0.1) is 13.8 Å². The van der Waals surface area contributed by atoms with E-state index in [-0.39, 0.29) is 0 Å². The number of benzene rings is 1. The molecule has 0 saturated carbocycles. The van der Waals surface area contributed by atoms with E-state index in [2.05, 4.69) is 27.1 Å². The maximum atomic E-state index is 5.19. The number of nitrogens with one attached hydrogen (secondary N) is 1. The molecule has 0 atom stereocenters. The monoisotopic (exact) mass is 286 g/mol. The van der Waals surface area contributed by atoms with E-state index in [0.29, 0.717) is 0 Å². The van der Waals surface area contributed by atoms with Gasteiger partial charge < -0.3 is 15.0 Å². The first-order valence-electron chi connectivity index (χ1n) is 7.03. The minimum absolute atomic E-state index is 0.756. The Morgan fingerprint density at radius 3 is 2.38 bits per heavy atom. The zero-order chi connectivity index (χ0) is 15.4. The van der Waals surface area contributed by atoms with E-state index < -0.39 is 0 Å². The van der Waals surface area contributed by atoms with Crippen molar-refractivity contribution in [2.24, 2.45) is 0 Å². The predicted octanol–water partition coefficient (Wildman–Crippen LogP) is 3.30. The molecule has 0 radical (unpaired) electrons. The fourth-order valence-electron chi connectivity index (χ4n) is 2.21. The Labute approximate surface area is 126 Å². The van der Waals surface area contributed by atoms with Gasteiger partial charge in [0.25, 0.3) is 0 Å². The summed E-state index contributed by atoms with van der Waals surface area (Å²) in [4.78, 5) is 11.1. The number of anilines is 3. The zero-order valence-corrected chi connectivity index (χ0v) is 13.3. The first-order valence-corrected chi connectivity index (χ1v) is 7.03. The van der Waals surface area contributed by atoms with Gasteiger partial charge in [0.15, 0.2) is 0 Å². The van der Waals surface area contributed by atoms with Crippen LogP contribution in [-0.2, 0) is 0 Å². The number of nitrogens with zero attached hydrogens (tertiary/aromatic N) is 3. The third-order valence-electron chi connectivity index (χ3n) is 3.35. The van der Waals surface area contributed by atoms with Crippen molar-refractivity contribution in [2.75, 3.05) is 30.9 Å². The second-order valence-electron chi connectivity index (χ2n) is 4.86. The number of hydrogen-bond donors (Lipinski definition) is 1. The first kappa shape index (κ1) is 15.1. The van der Waals surface area contributed by atoms with Crippen LogP contribution in [0.5, 0.6) is 5.75 Å². The van der Waals surface area contributed by atoms with Gasteiger partial charge in [-0.15, -0.1) is 0 Å². The van der Waals surface area contributed by atoms with Crippen LogP contribution in [0.2, 0.25) is 0 Å². The number of aryl methyl sites for hydroxylation is 1. The van der Waals surface area contributed by atoms with Gasteiger partial charge in [-0.2, -0.15) is 0 Å². The summed E-state index contributed by atoms with van der Waals surface area (Å²) in [6, 6.07) is 7.92. The van der Waals surface area contributed by atoms with Gasteiger partial charge in [0, 0.05) is 24.8 Å². The van der Waals surface area contributed by atoms with Gasteiger partial charge in [0.2, 0.25) is 0 Å². The largest absolute Gasteiger partial charge is 0.497 e. The summed E-state index contributed by atoms with van der Waals surface area (Å²) in [7, 11) is 3.67. The lowest BCUT2D eigenvalue weighted by atomic mass is 10.2. The molecule has 21 heavy (non-hydrogen) atoms. The summed E-state index contributed by atoms with van der Waals surface area (Å²) in [5.41, 5.74) is 2.10. The van der Waals surface area contributed by atoms with Gasteiger partial charge in [-0.05, 0) is 45.0 Å². The predicted molar refractivity (Wildman–Crippen MR) is 86.7 cm³/mol. The van der Waals surface area contributed by atoms with E-state index >= 15 is 0 Å². The fourth-order valence-corrected chi connectivity index (χ4v) is 2.21. The fraction of sp³-hybridized carbons (Fsp3) is 0.375. The van der Waals surface area contributed by atoms with Gasteiger partial charge in [-0.3, -0.25) is 0 Å². The highest BCUT2D eigenvalue weighted by Gasteiger charge is 2.14. The Kier molecular flexibility index (Phi) is 4.62. The third-order valence-corrected chi connectivity index (χ3v) is 3.35. The van der Waals surface area contributed by atoms with Crippen molar-refractivity contribution in [2.45, 2.75) is 20.8 Å². The maximum absolute atomic E-state index is 5.19. The topological polar surface area (TPSA) is 50.3 Å². The molecule has 0 aliphatic heterocycles. The molecule has 2 rings (SSSR count). The average Bonchev–Trinajstić information content (AvgIpc) is 2.50. The van der Waals surface area contributed by atoms with Crippen molar-refractivity contribution >= 4 is 17.3 Å². The molecule has 0 aliphatic rings. The van der Waals surface area contributed by atoms with Crippen LogP contribution in [0.1, 0.15) is 18.3 Å². The van der Waals surface area contributed by atoms with E-state index in [1.54, 1.807) is 7.11 Å². The third kappa shape index (κ3) is 3.24. The summed E-state index contributed by atoms with van der Waals surface area (Å²) in [6.45, 7) is 6.84. The van der Waals surface area contributed by atoms with Crippen LogP contribution in [0.4, 0.5) is 17.3 Å². The van der Waals surface area contributed by atoms with Crippen LogP contribution in [0.25, 0.3) is 0 Å². The van der Waals surface area contributed by atoms with Crippen molar-refractivity contribution in [3.63, 3.8) is 0 Å². The second kappa shape index (κ2) is 6.43. The van der Waals surface area contributed by atoms with E-state index in [9.17, 15) is 0 Å². The highest BCUT2D eigenvalue weighted by Crippen LogP contribution is 2.29. The molecule has 0 aliphatic carbocycles. The van der Waals surface area contributed by atoms with Gasteiger partial charge in [0.1, 0.15) is 23.2 Å². The molecule has 5 nitrogen and oxygen atoms in total. The molecule has 2 aromatic rings. The molecule has 5 heteroatoms. The van der Waals surface area contributed by atoms with Crippen molar-refractivity contribution in [1.82, 2.24) is 9.97 Å². The van der Waals surface area contributed by atoms with Gasteiger partial charge in [0.05, 0.1) is 7.11 Å². The number of hydrogen-bond acceptors (Lipinski definition) is 5. The number of aromatic nitrogens is 2. The molecule has 0 amide bonds. The van der Waals surface area contributed by atoms with Gasteiger partial charge in [-0.1, -0.05) is 0 Å². The molecular formula is C16H22N4O. The quantitative estimate of drug-likeness (QED) is 0.914. The standard InChI is InChI=1S/C16H22N4O/c1-6-17-15-11(2)16(19-12(3)18-15)20(4)13-7-9-14(21-5)10-8-13/h7-10H,6H2,1-5H3,(H,17,18,19). The van der Waals surface area contributed by atoms with Crippen molar-refractivity contribution in [1.29, 1.82) is 0 Å². The minimum atomic E-state index is 0.756. The van der Waals surface area contributed by atoms with Gasteiger partial charge in [-0.25, -0.2) is 9.97 Å². The summed E-state index contributed by atoms with van der Waals surface area (Å²) in [5, 5.41) is 3.28. The van der Waals surface area contributed by atoms with Gasteiger partial charge >= 0.3 is 0 Å². The molecule has 1 heterocycles. The van der Waals surface area contributed by atoms with Crippen molar-refractivity contribution in [3.05, 3.63) is 35.7 Å². The Morgan fingerprint density at radius 2 is 1.81 bits per heavy atom. The number of methoxy groups -OCH3 is 1. The first-order chi connectivity index (χ1) is 10.1. The molecule has 0 saturated heterocycles. The second-order valence-corrected chi connectivity index (χ2v) is 4.86. The smallest absolute Gasteiger partial charge is 0.141 e. The lowest BCUT2D eigenvalue weighted by Crippen LogP contribution is -2.16. The highest BCUT2D eigenvalue weighted by molar-refractivity contribution is 5.67. The van der Waals surface area contributed by atoms with E-state index in [1.165, 1.54) is 0 Å². The summed E-state index contributed by atoms with van der Waals surface area (Å²) in [6.07, 6.45) is 0. The molecule has 1 N–H and O–H groups in total. The van der Waals surface area contributed by atoms with Crippen molar-refractivity contribution in [3.8, 4) is 5.75 Å². The summed E-state index contributed by atoms with van der Waals surface area (Å²) < 4.78 is 5.19. The molecule has 1 aromatic carbocycles. The van der Waals surface area contributed by atoms with E-state index in [0.717, 1.165) is 41.0 Å². The highest BCUT2D eigenvalue weighted by atomic mass is 16.5. The Bertz CT molecular complexity index is 610. The molecule has 0 bridgehead atoms. The summed E-state index contributed by atoms with van der Waals surface area (Å²) >= 11 is 0. The maximum Gasteiger partial charge on any atom is 0.141 e. The molecule has 0 fully saturated rings. The van der Waals surface area contributed by atoms with Crippen LogP contribution in [0.3, 0.4) is 0 Å². The number of rotatable bonds is 5. The molecule has 112 valence electrons. The summed E-state index contributed by atoms with van der Waals surface area (Å²) in [5.74, 6) is 3.40. The van der Waals surface area contributed by atoms with Crippen LogP contribution >= 0.6 is 0 Å². The lowest BCUT2D eigenvalue weighted by Gasteiger charge is -2.22. The van der Waals surface area contributed by atoms with E-state index in [4.69, 9.17) is 4.74 Å². The molecule has 0 spiro atoms. The molecular weight excluding hydrogens is 264 g/mol. The average molecular weight is 286 g/mol. The zero-order valence-electron chi connectivity index (χ0n) is 13.3. The Hall–Kier alpha value is -2.30. The normalized spacial score (nSPS) is 10.3. The lowest BCUT2D eigenvalue weighted by molar-refractivity contribution is 0.415. The van der Waals surface area contributed by atoms with Crippen LogP contribution in [0.15, 0.2) is 24.3 Å². The SMILES string of the molecule is CCNc1nc(C)nc(N(C)c2ccc(OC)cc2)c1C. The minimum Gasteiger partial charge on any atom is -0.497 e. The van der Waals surface area contributed by atoms with Crippen LogP contribution in [-0.4, -0.2) is 30.7 Å². The Balaban J connectivity index is 2.39. The Morgan fingerprint density at radius 1 is 1.14 bits per heavy atom. The molecule has 0 unspecified atom stereocenters.